The number of carbonyl (C=O) groups is 2. The van der Waals surface area contributed by atoms with Gasteiger partial charge in [0.2, 0.25) is 0 Å². The van der Waals surface area contributed by atoms with Gasteiger partial charge in [0.1, 0.15) is 29.8 Å². The van der Waals surface area contributed by atoms with Crippen LogP contribution < -0.4 is 10.1 Å². The minimum Gasteiger partial charge on any atom is -0.487 e. The number of nitrogens with zero attached hydrogens (tertiary/aromatic N) is 1. The van der Waals surface area contributed by atoms with Gasteiger partial charge in [0.05, 0.1) is 12.7 Å². The van der Waals surface area contributed by atoms with Crippen molar-refractivity contribution in [1.29, 1.82) is 5.26 Å². The maximum atomic E-state index is 13.0. The molecule has 0 aromatic heterocycles. The highest BCUT2D eigenvalue weighted by molar-refractivity contribution is 14.1. The van der Waals surface area contributed by atoms with Crippen molar-refractivity contribution in [1.82, 2.24) is 0 Å². The average molecular weight is 668 g/mol. The van der Waals surface area contributed by atoms with Crippen LogP contribution in [-0.4, -0.2) is 17.0 Å². The molecule has 0 spiro atoms. The van der Waals surface area contributed by atoms with Gasteiger partial charge in [-0.3, -0.25) is 4.79 Å². The standard InChI is InChI=1S/C24H15FI2N2O4/c25-18-5-7-19(8-6-18)29-23(30)17(12-28)9-15-10-20(26)22(21(27)11-15)33-13-14-1-3-16(4-2-14)24(31)32/h1-11H,13H2,(H,29,30)(H,31,32)/b17-9-. The molecule has 0 aliphatic carbocycles. The van der Waals surface area contributed by atoms with E-state index < -0.39 is 17.7 Å². The first kappa shape index (κ1) is 24.7. The molecule has 3 rings (SSSR count). The minimum atomic E-state index is -0.988. The maximum absolute atomic E-state index is 13.0. The molecule has 2 N–H and O–H groups in total. The molecule has 0 heterocycles. The van der Waals surface area contributed by atoms with Crippen LogP contribution in [-0.2, 0) is 11.4 Å². The van der Waals surface area contributed by atoms with Crippen molar-refractivity contribution in [2.45, 2.75) is 6.61 Å². The van der Waals surface area contributed by atoms with E-state index in [2.05, 4.69) is 50.5 Å². The molecule has 6 nitrogen and oxygen atoms in total. The van der Waals surface area contributed by atoms with Crippen molar-refractivity contribution in [3.63, 3.8) is 0 Å². The summed E-state index contributed by atoms with van der Waals surface area (Å²) in [5, 5.41) is 21.0. The number of ether oxygens (including phenoxy) is 1. The summed E-state index contributed by atoms with van der Waals surface area (Å²) in [6.07, 6.45) is 1.47. The van der Waals surface area contributed by atoms with Crippen LogP contribution in [0.3, 0.4) is 0 Å². The first-order chi connectivity index (χ1) is 15.8. The number of anilines is 1. The predicted octanol–water partition coefficient (Wildman–Crippen LogP) is 5.86. The lowest BCUT2D eigenvalue weighted by molar-refractivity contribution is -0.112. The van der Waals surface area contributed by atoms with Crippen molar-refractivity contribution in [3.05, 3.63) is 95.9 Å². The fourth-order valence-corrected chi connectivity index (χ4v) is 4.87. The van der Waals surface area contributed by atoms with Gasteiger partial charge in [-0.2, -0.15) is 5.26 Å². The predicted molar refractivity (Wildman–Crippen MR) is 138 cm³/mol. The maximum Gasteiger partial charge on any atom is 0.335 e. The number of halogens is 3. The number of aromatic carboxylic acids is 1. The second-order valence-electron chi connectivity index (χ2n) is 6.74. The third-order valence-corrected chi connectivity index (χ3v) is 5.99. The number of nitrogens with one attached hydrogen (secondary N) is 1. The SMILES string of the molecule is N#C/C(=C/c1cc(I)c(OCc2ccc(C(=O)O)cc2)c(I)c1)C(=O)Nc1ccc(F)cc1. The van der Waals surface area contributed by atoms with Crippen LogP contribution in [0.5, 0.6) is 5.75 Å². The average Bonchev–Trinajstić information content (AvgIpc) is 2.78. The summed E-state index contributed by atoms with van der Waals surface area (Å²) >= 11 is 4.22. The second kappa shape index (κ2) is 11.2. The van der Waals surface area contributed by atoms with Crippen molar-refractivity contribution in [2.24, 2.45) is 0 Å². The van der Waals surface area contributed by atoms with Crippen molar-refractivity contribution < 1.29 is 23.8 Å². The summed E-state index contributed by atoms with van der Waals surface area (Å²) in [4.78, 5) is 23.4. The van der Waals surface area contributed by atoms with Crippen LogP contribution in [0.25, 0.3) is 6.08 Å². The summed E-state index contributed by atoms with van der Waals surface area (Å²) in [5.41, 5.74) is 1.95. The Hall–Kier alpha value is -2.98. The topological polar surface area (TPSA) is 99.4 Å². The Kier molecular flexibility index (Phi) is 8.40. The zero-order valence-corrected chi connectivity index (χ0v) is 21.1. The Morgan fingerprint density at radius 3 is 2.21 bits per heavy atom. The number of carboxylic acid groups (broad SMARTS) is 1. The van der Waals surface area contributed by atoms with Gasteiger partial charge in [-0.15, -0.1) is 0 Å². The number of hydrogen-bond donors (Lipinski definition) is 2. The minimum absolute atomic E-state index is 0.0990. The third kappa shape index (κ3) is 6.75. The molecule has 3 aromatic carbocycles. The van der Waals surface area contributed by atoms with Gasteiger partial charge >= 0.3 is 5.97 Å². The lowest BCUT2D eigenvalue weighted by Crippen LogP contribution is -2.13. The Bertz CT molecular complexity index is 1240. The molecular weight excluding hydrogens is 653 g/mol. The van der Waals surface area contributed by atoms with E-state index in [1.165, 1.54) is 42.5 Å². The number of nitriles is 1. The van der Waals surface area contributed by atoms with Gasteiger partial charge in [-0.1, -0.05) is 12.1 Å². The Morgan fingerprint density at radius 1 is 1.06 bits per heavy atom. The molecule has 33 heavy (non-hydrogen) atoms. The third-order valence-electron chi connectivity index (χ3n) is 4.38. The fourth-order valence-electron chi connectivity index (χ4n) is 2.75. The zero-order valence-electron chi connectivity index (χ0n) is 16.8. The molecule has 166 valence electrons. The van der Waals surface area contributed by atoms with E-state index in [9.17, 15) is 19.2 Å². The van der Waals surface area contributed by atoms with Crippen molar-refractivity contribution in [2.75, 3.05) is 5.32 Å². The van der Waals surface area contributed by atoms with Crippen LogP contribution in [0, 0.1) is 24.3 Å². The van der Waals surface area contributed by atoms with E-state index >= 15 is 0 Å². The fraction of sp³-hybridized carbons (Fsp3) is 0.0417. The number of hydrogen-bond acceptors (Lipinski definition) is 4. The highest BCUT2D eigenvalue weighted by atomic mass is 127. The Morgan fingerprint density at radius 2 is 1.67 bits per heavy atom. The van der Waals surface area contributed by atoms with Gasteiger partial charge < -0.3 is 15.2 Å². The zero-order chi connectivity index (χ0) is 24.0. The molecule has 0 atom stereocenters. The molecule has 0 bridgehead atoms. The van der Waals surface area contributed by atoms with Crippen LogP contribution >= 0.6 is 45.2 Å². The van der Waals surface area contributed by atoms with E-state index in [0.717, 1.165) is 12.7 Å². The van der Waals surface area contributed by atoms with Crippen LogP contribution in [0.15, 0.2) is 66.2 Å². The van der Waals surface area contributed by atoms with Gasteiger partial charge in [-0.05, 0) is 111 Å². The molecule has 3 aromatic rings. The van der Waals surface area contributed by atoms with Crippen LogP contribution in [0.2, 0.25) is 0 Å². The van der Waals surface area contributed by atoms with Crippen molar-refractivity contribution in [3.8, 4) is 11.8 Å². The quantitative estimate of drug-likeness (QED) is 0.187. The van der Waals surface area contributed by atoms with E-state index in [1.807, 2.05) is 6.07 Å². The van der Waals surface area contributed by atoms with Crippen molar-refractivity contribution >= 4 is 68.8 Å². The van der Waals surface area contributed by atoms with E-state index in [-0.39, 0.29) is 17.7 Å². The number of rotatable bonds is 7. The Balaban J connectivity index is 1.74. The highest BCUT2D eigenvalue weighted by Gasteiger charge is 2.13. The van der Waals surface area contributed by atoms with Gasteiger partial charge in [-0.25, -0.2) is 9.18 Å². The monoisotopic (exact) mass is 668 g/mol. The first-order valence-corrected chi connectivity index (χ1v) is 11.6. The highest BCUT2D eigenvalue weighted by Crippen LogP contribution is 2.30. The lowest BCUT2D eigenvalue weighted by atomic mass is 10.1. The molecule has 0 saturated heterocycles. The lowest BCUT2D eigenvalue weighted by Gasteiger charge is -2.12. The van der Waals surface area contributed by atoms with E-state index in [1.54, 1.807) is 24.3 Å². The molecule has 0 saturated carbocycles. The molecule has 0 aliphatic rings. The molecule has 1 amide bonds. The molecular formula is C24H15FI2N2O4. The smallest absolute Gasteiger partial charge is 0.335 e. The molecule has 0 radical (unpaired) electrons. The summed E-state index contributed by atoms with van der Waals surface area (Å²) in [6.45, 7) is 0.255. The summed E-state index contributed by atoms with van der Waals surface area (Å²) < 4.78 is 20.5. The van der Waals surface area contributed by atoms with Gasteiger partial charge in [0, 0.05) is 5.69 Å². The summed E-state index contributed by atoms with van der Waals surface area (Å²) in [5.74, 6) is -1.37. The van der Waals surface area contributed by atoms with Gasteiger partial charge in [0.25, 0.3) is 5.91 Å². The normalized spacial score (nSPS) is 10.9. The first-order valence-electron chi connectivity index (χ1n) is 9.39. The van der Waals surface area contributed by atoms with Crippen LogP contribution in [0.4, 0.5) is 10.1 Å². The Labute approximate surface area is 216 Å². The van der Waals surface area contributed by atoms with E-state index in [0.29, 0.717) is 17.0 Å². The summed E-state index contributed by atoms with van der Waals surface area (Å²) in [6, 6.07) is 17.1. The number of amides is 1. The number of carboxylic acids is 1. The molecule has 9 heteroatoms. The van der Waals surface area contributed by atoms with E-state index in [4.69, 9.17) is 9.84 Å². The van der Waals surface area contributed by atoms with Crippen LogP contribution in [0.1, 0.15) is 21.5 Å². The largest absolute Gasteiger partial charge is 0.487 e. The molecule has 0 fully saturated rings. The summed E-state index contributed by atoms with van der Waals surface area (Å²) in [7, 11) is 0. The number of benzene rings is 3. The van der Waals surface area contributed by atoms with Gasteiger partial charge in [0.15, 0.2) is 0 Å². The second-order valence-corrected chi connectivity index (χ2v) is 9.06. The molecule has 0 unspecified atom stereocenters. The molecule has 0 aliphatic heterocycles. The number of carbonyl (C=O) groups excluding carboxylic acids is 1.